The fourth-order valence-electron chi connectivity index (χ4n) is 4.02. The number of ether oxygens (including phenoxy) is 1. The standard InChI is InChI=1S/C26H35N3O3/c1-3-20-11-13-24(14-12-20)28-26(31)29-16-6-10-23(19-29)21-8-5-9-22(18-21)25(30)27-15-7-17-32-4-2/h5,8-9,11-14,18,23H,3-4,6-7,10,15-17,19H2,1-2H3,(H,27,30)(H,28,31)/t23-/m0/s1. The van der Waals surface area contributed by atoms with Crippen molar-refractivity contribution in [3.8, 4) is 0 Å². The van der Waals surface area contributed by atoms with Crippen LogP contribution in [0.4, 0.5) is 10.5 Å². The van der Waals surface area contributed by atoms with Gasteiger partial charge in [-0.05, 0) is 68.0 Å². The van der Waals surface area contributed by atoms with Gasteiger partial charge in [0.05, 0.1) is 0 Å². The maximum Gasteiger partial charge on any atom is 0.321 e. The second-order valence-electron chi connectivity index (χ2n) is 8.20. The summed E-state index contributed by atoms with van der Waals surface area (Å²) in [5, 5.41) is 5.97. The van der Waals surface area contributed by atoms with Crippen LogP contribution < -0.4 is 10.6 Å². The fraction of sp³-hybridized carbons (Fsp3) is 0.462. The molecule has 0 radical (unpaired) electrons. The number of aryl methyl sites for hydroxylation is 1. The summed E-state index contributed by atoms with van der Waals surface area (Å²) >= 11 is 0. The molecule has 1 aliphatic rings. The van der Waals surface area contributed by atoms with Crippen LogP contribution in [-0.4, -0.2) is 49.7 Å². The molecule has 0 aromatic heterocycles. The molecule has 1 heterocycles. The maximum atomic E-state index is 12.8. The summed E-state index contributed by atoms with van der Waals surface area (Å²) < 4.78 is 5.31. The van der Waals surface area contributed by atoms with E-state index in [0.717, 1.165) is 43.5 Å². The average Bonchev–Trinajstić information content (AvgIpc) is 2.84. The van der Waals surface area contributed by atoms with Gasteiger partial charge < -0.3 is 20.3 Å². The second kappa shape index (κ2) is 12.2. The number of carbonyl (C=O) groups excluding carboxylic acids is 2. The van der Waals surface area contributed by atoms with Gasteiger partial charge >= 0.3 is 6.03 Å². The van der Waals surface area contributed by atoms with E-state index in [4.69, 9.17) is 4.74 Å². The molecule has 0 aliphatic carbocycles. The monoisotopic (exact) mass is 437 g/mol. The lowest BCUT2D eigenvalue weighted by atomic mass is 9.89. The lowest BCUT2D eigenvalue weighted by Gasteiger charge is -2.33. The van der Waals surface area contributed by atoms with Gasteiger partial charge in [0.15, 0.2) is 0 Å². The number of amides is 3. The minimum absolute atomic E-state index is 0.0655. The summed E-state index contributed by atoms with van der Waals surface area (Å²) in [5.74, 6) is 0.159. The molecule has 0 saturated carbocycles. The van der Waals surface area contributed by atoms with Gasteiger partial charge in [-0.2, -0.15) is 0 Å². The van der Waals surface area contributed by atoms with Crippen LogP contribution in [0, 0.1) is 0 Å². The molecule has 3 rings (SSSR count). The average molecular weight is 438 g/mol. The van der Waals surface area contributed by atoms with E-state index in [1.165, 1.54) is 5.56 Å². The molecule has 6 heteroatoms. The van der Waals surface area contributed by atoms with E-state index in [0.29, 0.717) is 31.9 Å². The quantitative estimate of drug-likeness (QED) is 0.553. The van der Waals surface area contributed by atoms with E-state index >= 15 is 0 Å². The van der Waals surface area contributed by atoms with Gasteiger partial charge in [0.2, 0.25) is 0 Å². The van der Waals surface area contributed by atoms with E-state index < -0.39 is 0 Å². The topological polar surface area (TPSA) is 70.7 Å². The molecule has 32 heavy (non-hydrogen) atoms. The summed E-state index contributed by atoms with van der Waals surface area (Å²) in [4.78, 5) is 27.2. The third kappa shape index (κ3) is 6.82. The highest BCUT2D eigenvalue weighted by atomic mass is 16.5. The zero-order valence-corrected chi connectivity index (χ0v) is 19.2. The third-order valence-corrected chi connectivity index (χ3v) is 5.90. The largest absolute Gasteiger partial charge is 0.382 e. The van der Waals surface area contributed by atoms with E-state index in [2.05, 4.69) is 23.6 Å². The van der Waals surface area contributed by atoms with Gasteiger partial charge in [0.25, 0.3) is 5.91 Å². The van der Waals surface area contributed by atoms with Crippen LogP contribution in [-0.2, 0) is 11.2 Å². The first-order chi connectivity index (χ1) is 15.6. The number of nitrogens with zero attached hydrogens (tertiary/aromatic N) is 1. The van der Waals surface area contributed by atoms with Crippen molar-refractivity contribution < 1.29 is 14.3 Å². The number of piperidine rings is 1. The van der Waals surface area contributed by atoms with Crippen LogP contribution in [0.2, 0.25) is 0 Å². The smallest absolute Gasteiger partial charge is 0.321 e. The molecular weight excluding hydrogens is 402 g/mol. The zero-order valence-electron chi connectivity index (χ0n) is 19.2. The van der Waals surface area contributed by atoms with E-state index in [-0.39, 0.29) is 17.9 Å². The van der Waals surface area contributed by atoms with Crippen molar-refractivity contribution in [1.29, 1.82) is 0 Å². The lowest BCUT2D eigenvalue weighted by molar-refractivity contribution is 0.0944. The van der Waals surface area contributed by atoms with Gasteiger partial charge in [0, 0.05) is 50.0 Å². The van der Waals surface area contributed by atoms with E-state index in [9.17, 15) is 9.59 Å². The Morgan fingerprint density at radius 2 is 1.94 bits per heavy atom. The van der Waals surface area contributed by atoms with Gasteiger partial charge in [0.1, 0.15) is 0 Å². The highest BCUT2D eigenvalue weighted by molar-refractivity contribution is 5.94. The number of likely N-dealkylation sites (tertiary alicyclic amines) is 1. The summed E-state index contributed by atoms with van der Waals surface area (Å²) in [6.07, 6.45) is 3.73. The van der Waals surface area contributed by atoms with Crippen LogP contribution in [0.5, 0.6) is 0 Å². The number of nitrogens with one attached hydrogen (secondary N) is 2. The highest BCUT2D eigenvalue weighted by Gasteiger charge is 2.25. The van der Waals surface area contributed by atoms with Crippen molar-refractivity contribution in [2.45, 2.75) is 45.4 Å². The normalized spacial score (nSPS) is 15.9. The Balaban J connectivity index is 1.56. The summed E-state index contributed by atoms with van der Waals surface area (Å²) in [6, 6.07) is 15.7. The fourth-order valence-corrected chi connectivity index (χ4v) is 4.02. The van der Waals surface area contributed by atoms with Crippen molar-refractivity contribution in [1.82, 2.24) is 10.2 Å². The maximum absolute atomic E-state index is 12.8. The number of urea groups is 1. The molecule has 0 bridgehead atoms. The van der Waals surface area contributed by atoms with Crippen molar-refractivity contribution in [2.75, 3.05) is 38.2 Å². The Morgan fingerprint density at radius 3 is 2.69 bits per heavy atom. The molecular formula is C26H35N3O3. The van der Waals surface area contributed by atoms with Crippen molar-refractivity contribution >= 4 is 17.6 Å². The minimum Gasteiger partial charge on any atom is -0.382 e. The predicted molar refractivity (Wildman–Crippen MR) is 128 cm³/mol. The Bertz CT molecular complexity index is 882. The van der Waals surface area contributed by atoms with E-state index in [1.807, 2.05) is 54.3 Å². The summed E-state index contributed by atoms with van der Waals surface area (Å²) in [7, 11) is 0. The number of hydrogen-bond donors (Lipinski definition) is 2. The molecule has 0 spiro atoms. The number of hydrogen-bond acceptors (Lipinski definition) is 3. The van der Waals surface area contributed by atoms with Gasteiger partial charge in [-0.1, -0.05) is 31.2 Å². The van der Waals surface area contributed by atoms with Crippen LogP contribution in [0.15, 0.2) is 48.5 Å². The molecule has 1 atom stereocenters. The molecule has 0 unspecified atom stereocenters. The predicted octanol–water partition coefficient (Wildman–Crippen LogP) is 4.82. The minimum atomic E-state index is -0.0675. The van der Waals surface area contributed by atoms with Gasteiger partial charge in [-0.25, -0.2) is 4.79 Å². The van der Waals surface area contributed by atoms with Crippen molar-refractivity contribution in [2.24, 2.45) is 0 Å². The Hall–Kier alpha value is -2.86. The Labute approximate surface area is 191 Å². The number of rotatable bonds is 9. The van der Waals surface area contributed by atoms with E-state index in [1.54, 1.807) is 0 Å². The molecule has 2 N–H and O–H groups in total. The van der Waals surface area contributed by atoms with Crippen molar-refractivity contribution in [3.63, 3.8) is 0 Å². The number of anilines is 1. The zero-order chi connectivity index (χ0) is 22.8. The third-order valence-electron chi connectivity index (χ3n) is 5.90. The van der Waals surface area contributed by atoms with Gasteiger partial charge in [-0.3, -0.25) is 4.79 Å². The molecule has 172 valence electrons. The Kier molecular flexibility index (Phi) is 9.11. The second-order valence-corrected chi connectivity index (χ2v) is 8.20. The van der Waals surface area contributed by atoms with Crippen LogP contribution in [0.3, 0.4) is 0 Å². The molecule has 1 fully saturated rings. The molecule has 1 aliphatic heterocycles. The molecule has 6 nitrogen and oxygen atoms in total. The first kappa shape index (κ1) is 23.8. The molecule has 1 saturated heterocycles. The first-order valence-electron chi connectivity index (χ1n) is 11.7. The summed E-state index contributed by atoms with van der Waals surface area (Å²) in [6.45, 7) is 7.41. The molecule has 2 aromatic carbocycles. The molecule has 3 amide bonds. The lowest BCUT2D eigenvalue weighted by Crippen LogP contribution is -2.41. The van der Waals surface area contributed by atoms with Crippen LogP contribution in [0.25, 0.3) is 0 Å². The number of carbonyl (C=O) groups is 2. The number of benzene rings is 2. The van der Waals surface area contributed by atoms with Crippen LogP contribution in [0.1, 0.15) is 60.5 Å². The highest BCUT2D eigenvalue weighted by Crippen LogP contribution is 2.28. The SMILES string of the molecule is CCOCCCNC(=O)c1cccc([C@H]2CCCN(C(=O)Nc3ccc(CC)cc3)C2)c1. The first-order valence-corrected chi connectivity index (χ1v) is 11.7. The van der Waals surface area contributed by atoms with Crippen LogP contribution >= 0.6 is 0 Å². The Morgan fingerprint density at radius 1 is 1.12 bits per heavy atom. The van der Waals surface area contributed by atoms with Gasteiger partial charge in [-0.15, -0.1) is 0 Å². The molecule has 2 aromatic rings. The summed E-state index contributed by atoms with van der Waals surface area (Å²) in [5.41, 5.74) is 3.84. The van der Waals surface area contributed by atoms with Crippen molar-refractivity contribution in [3.05, 3.63) is 65.2 Å².